The van der Waals surface area contributed by atoms with Gasteiger partial charge in [-0.2, -0.15) is 26.3 Å². The Labute approximate surface area is 177 Å². The van der Waals surface area contributed by atoms with Crippen molar-refractivity contribution in [2.24, 2.45) is 0 Å². The largest absolute Gasteiger partial charge is 0.484 e. The number of rotatable bonds is 6. The molecule has 0 spiro atoms. The van der Waals surface area contributed by atoms with E-state index in [-0.39, 0.29) is 35.5 Å². The molecular formula is C19H18F6N4O3. The van der Waals surface area contributed by atoms with Crippen LogP contribution in [-0.4, -0.2) is 54.1 Å². The lowest BCUT2D eigenvalue weighted by Gasteiger charge is -2.28. The van der Waals surface area contributed by atoms with E-state index >= 15 is 0 Å². The number of carbonyl (C=O) groups excluding carboxylic acids is 1. The highest BCUT2D eigenvalue weighted by atomic mass is 19.4. The van der Waals surface area contributed by atoms with Crippen LogP contribution in [-0.2, 0) is 11.2 Å². The van der Waals surface area contributed by atoms with Gasteiger partial charge in [0.15, 0.2) is 6.61 Å². The van der Waals surface area contributed by atoms with Crippen molar-refractivity contribution in [3.63, 3.8) is 0 Å². The van der Waals surface area contributed by atoms with E-state index in [0.717, 1.165) is 10.6 Å². The first-order chi connectivity index (χ1) is 14.9. The first-order valence-corrected chi connectivity index (χ1v) is 9.43. The quantitative estimate of drug-likeness (QED) is 0.666. The molecule has 0 radical (unpaired) electrons. The van der Waals surface area contributed by atoms with Crippen molar-refractivity contribution in [3.8, 4) is 11.4 Å². The van der Waals surface area contributed by atoms with Gasteiger partial charge in [0.05, 0.1) is 18.7 Å². The van der Waals surface area contributed by atoms with Gasteiger partial charge in [-0.25, -0.2) is 4.98 Å². The van der Waals surface area contributed by atoms with Crippen LogP contribution >= 0.6 is 0 Å². The first-order valence-electron chi connectivity index (χ1n) is 9.43. The molecule has 0 saturated carbocycles. The molecule has 2 aromatic rings. The van der Waals surface area contributed by atoms with Crippen molar-refractivity contribution in [1.29, 1.82) is 0 Å². The van der Waals surface area contributed by atoms with Crippen LogP contribution in [0.15, 0.2) is 35.1 Å². The average Bonchev–Trinajstić information content (AvgIpc) is 2.70. The monoisotopic (exact) mass is 464 g/mol. The fraction of sp³-hybridized carbons (Fsp3) is 0.421. The zero-order valence-corrected chi connectivity index (χ0v) is 16.5. The van der Waals surface area contributed by atoms with Crippen LogP contribution in [0.1, 0.15) is 12.2 Å². The van der Waals surface area contributed by atoms with Gasteiger partial charge in [0.2, 0.25) is 5.91 Å². The third kappa shape index (κ3) is 6.37. The van der Waals surface area contributed by atoms with Crippen LogP contribution in [0.5, 0.6) is 5.75 Å². The van der Waals surface area contributed by atoms with Gasteiger partial charge in [0, 0.05) is 25.6 Å². The lowest BCUT2D eigenvalue weighted by atomic mass is 10.2. The summed E-state index contributed by atoms with van der Waals surface area (Å²) in [6.45, 7) is -0.990. The van der Waals surface area contributed by atoms with Gasteiger partial charge in [0.25, 0.3) is 5.56 Å². The molecule has 1 aromatic carbocycles. The zero-order chi connectivity index (χ0) is 23.5. The highest BCUT2D eigenvalue weighted by Gasteiger charge is 2.29. The van der Waals surface area contributed by atoms with Gasteiger partial charge < -0.3 is 15.0 Å². The smallest absolute Gasteiger partial charge is 0.422 e. The Morgan fingerprint density at radius 1 is 1.03 bits per heavy atom. The Balaban J connectivity index is 1.94. The highest BCUT2D eigenvalue weighted by molar-refractivity contribution is 5.82. The molecule has 174 valence electrons. The number of aryl methyl sites for hydroxylation is 1. The average molecular weight is 464 g/mol. The number of ether oxygens (including phenoxy) is 1. The molecular weight excluding hydrogens is 446 g/mol. The number of carbonyl (C=O) groups is 1. The normalized spacial score (nSPS) is 14.9. The summed E-state index contributed by atoms with van der Waals surface area (Å²) >= 11 is 0. The number of hydrogen-bond donors (Lipinski definition) is 1. The minimum Gasteiger partial charge on any atom is -0.484 e. The Morgan fingerprint density at radius 2 is 1.72 bits per heavy atom. The zero-order valence-electron chi connectivity index (χ0n) is 16.5. The lowest BCUT2D eigenvalue weighted by Crippen LogP contribution is -2.48. The summed E-state index contributed by atoms with van der Waals surface area (Å²) in [5.41, 5.74) is -0.580. The third-order valence-electron chi connectivity index (χ3n) is 4.47. The summed E-state index contributed by atoms with van der Waals surface area (Å²) in [7, 11) is 0. The highest BCUT2D eigenvalue weighted by Crippen LogP contribution is 2.24. The molecule has 0 atom stereocenters. The maximum absolute atomic E-state index is 12.8. The fourth-order valence-corrected chi connectivity index (χ4v) is 3.07. The number of benzene rings is 1. The maximum atomic E-state index is 12.8. The fourth-order valence-electron chi connectivity index (χ4n) is 3.07. The maximum Gasteiger partial charge on any atom is 0.422 e. The predicted octanol–water partition coefficient (Wildman–Crippen LogP) is 2.60. The Kier molecular flexibility index (Phi) is 6.65. The van der Waals surface area contributed by atoms with E-state index in [2.05, 4.69) is 15.0 Å². The number of halogens is 6. The summed E-state index contributed by atoms with van der Waals surface area (Å²) in [5.74, 6) is -0.559. The Bertz CT molecular complexity index is 1020. The van der Waals surface area contributed by atoms with Crippen LogP contribution in [0.3, 0.4) is 0 Å². The molecule has 1 fully saturated rings. The van der Waals surface area contributed by atoms with E-state index in [4.69, 9.17) is 0 Å². The molecule has 0 aliphatic carbocycles. The third-order valence-corrected chi connectivity index (χ3v) is 4.47. The molecule has 1 N–H and O–H groups in total. The predicted molar refractivity (Wildman–Crippen MR) is 101 cm³/mol. The summed E-state index contributed by atoms with van der Waals surface area (Å²) in [6, 6.07) is 5.94. The number of piperazine rings is 1. The minimum atomic E-state index is -4.54. The van der Waals surface area contributed by atoms with Gasteiger partial charge in [-0.05, 0) is 24.3 Å². The van der Waals surface area contributed by atoms with E-state index in [1.807, 2.05) is 0 Å². The van der Waals surface area contributed by atoms with E-state index in [9.17, 15) is 35.9 Å². The topological polar surface area (TPSA) is 76.5 Å². The number of amides is 1. The van der Waals surface area contributed by atoms with Crippen LogP contribution in [0.2, 0.25) is 0 Å². The van der Waals surface area contributed by atoms with Crippen LogP contribution in [0, 0.1) is 0 Å². The van der Waals surface area contributed by atoms with Crippen LogP contribution in [0.4, 0.5) is 32.2 Å². The Hall–Kier alpha value is -3.25. The second-order valence-corrected chi connectivity index (χ2v) is 6.99. The summed E-state index contributed by atoms with van der Waals surface area (Å²) in [4.78, 5) is 30.1. The number of aromatic nitrogens is 2. The molecule has 1 aliphatic rings. The molecule has 1 amide bonds. The van der Waals surface area contributed by atoms with Crippen molar-refractivity contribution in [1.82, 2.24) is 14.9 Å². The number of nitrogens with zero attached hydrogens (tertiary/aromatic N) is 3. The van der Waals surface area contributed by atoms with Crippen LogP contribution in [0.25, 0.3) is 5.69 Å². The van der Waals surface area contributed by atoms with Crippen molar-refractivity contribution in [2.75, 3.05) is 31.1 Å². The molecule has 3 rings (SSSR count). The van der Waals surface area contributed by atoms with E-state index in [1.165, 1.54) is 29.2 Å². The summed E-state index contributed by atoms with van der Waals surface area (Å²) < 4.78 is 80.9. The molecule has 1 aromatic heterocycles. The van der Waals surface area contributed by atoms with Crippen molar-refractivity contribution in [3.05, 3.63) is 46.5 Å². The Morgan fingerprint density at radius 3 is 2.31 bits per heavy atom. The van der Waals surface area contributed by atoms with Crippen LogP contribution < -0.4 is 20.5 Å². The molecule has 7 nitrogen and oxygen atoms in total. The first kappa shape index (κ1) is 23.4. The second-order valence-electron chi connectivity index (χ2n) is 6.99. The van der Waals surface area contributed by atoms with Crippen molar-refractivity contribution in [2.45, 2.75) is 25.2 Å². The summed E-state index contributed by atoms with van der Waals surface area (Å²) in [5, 5.41) is 2.60. The molecule has 0 bridgehead atoms. The number of hydrogen-bond acceptors (Lipinski definition) is 5. The molecule has 1 saturated heterocycles. The van der Waals surface area contributed by atoms with Gasteiger partial charge in [-0.1, -0.05) is 0 Å². The molecule has 0 unspecified atom stereocenters. The van der Waals surface area contributed by atoms with E-state index < -0.39 is 37.4 Å². The number of alkyl halides is 6. The minimum absolute atomic E-state index is 0.0726. The number of anilines is 1. The molecule has 13 heteroatoms. The molecule has 2 heterocycles. The molecule has 32 heavy (non-hydrogen) atoms. The van der Waals surface area contributed by atoms with Gasteiger partial charge in [-0.15, -0.1) is 0 Å². The molecule has 1 aliphatic heterocycles. The van der Waals surface area contributed by atoms with Gasteiger partial charge in [-0.3, -0.25) is 14.2 Å². The SMILES string of the molecule is O=C1CN(c2cc(=O)n(-c3ccc(OCC(F)(F)F)cc3)c(CCC(F)(F)F)n2)CCN1. The summed E-state index contributed by atoms with van der Waals surface area (Å²) in [6.07, 6.45) is -10.9. The van der Waals surface area contributed by atoms with E-state index in [0.29, 0.717) is 13.1 Å². The second kappa shape index (κ2) is 9.09. The van der Waals surface area contributed by atoms with Gasteiger partial charge >= 0.3 is 12.4 Å². The van der Waals surface area contributed by atoms with Crippen molar-refractivity contribution < 1.29 is 35.9 Å². The number of nitrogens with one attached hydrogen (secondary N) is 1. The van der Waals surface area contributed by atoms with E-state index in [1.54, 1.807) is 0 Å². The lowest BCUT2D eigenvalue weighted by molar-refractivity contribution is -0.153. The van der Waals surface area contributed by atoms with Crippen molar-refractivity contribution >= 4 is 11.7 Å². The standard InChI is InChI=1S/C19H18F6N4O3/c20-18(21,22)6-5-14-27-15(28-8-7-26-16(30)10-28)9-17(31)29(14)12-1-3-13(4-2-12)32-11-19(23,24)25/h1-4,9H,5-8,10-11H2,(H,26,30). The van der Waals surface area contributed by atoms with Gasteiger partial charge in [0.1, 0.15) is 17.4 Å².